The van der Waals surface area contributed by atoms with Crippen LogP contribution in [0.1, 0.15) is 24.0 Å². The molecule has 3 aromatic carbocycles. The van der Waals surface area contributed by atoms with Gasteiger partial charge in [-0.15, -0.1) is 0 Å². The average Bonchev–Trinajstić information content (AvgIpc) is 3.20. The monoisotopic (exact) mass is 383 g/mol. The summed E-state index contributed by atoms with van der Waals surface area (Å²) in [5.74, 6) is 0. The van der Waals surface area contributed by atoms with Gasteiger partial charge >= 0.3 is 0 Å². The van der Waals surface area contributed by atoms with E-state index in [0.717, 1.165) is 10.6 Å². The van der Waals surface area contributed by atoms with Gasteiger partial charge in [0.2, 0.25) is 0 Å². The summed E-state index contributed by atoms with van der Waals surface area (Å²) in [4.78, 5) is 0. The van der Waals surface area contributed by atoms with E-state index in [-0.39, 0.29) is 0 Å². The number of aryl methyl sites for hydroxylation is 2. The molecule has 4 aromatic rings. The molecule has 138 valence electrons. The van der Waals surface area contributed by atoms with Gasteiger partial charge in [0.25, 0.3) is 0 Å². The van der Waals surface area contributed by atoms with Gasteiger partial charge in [0, 0.05) is 10.7 Å². The van der Waals surface area contributed by atoms with Crippen LogP contribution in [0.15, 0.2) is 84.9 Å². The van der Waals surface area contributed by atoms with Crippen LogP contribution in [0, 0.1) is 0 Å². The summed E-state index contributed by atoms with van der Waals surface area (Å²) in [5, 5.41) is 0.761. The summed E-state index contributed by atoms with van der Waals surface area (Å²) >= 11 is 6.12. The highest BCUT2D eigenvalue weighted by molar-refractivity contribution is 6.30. The zero-order valence-electron chi connectivity index (χ0n) is 15.7. The molecule has 0 atom stereocenters. The molecular weight excluding hydrogens is 362 g/mol. The molecule has 1 aliphatic carbocycles. The van der Waals surface area contributed by atoms with E-state index in [1.54, 1.807) is 0 Å². The average molecular weight is 384 g/mol. The first-order valence-corrected chi connectivity index (χ1v) is 10.3. The Balaban J connectivity index is 1.69. The highest BCUT2D eigenvalue weighted by atomic mass is 35.5. The van der Waals surface area contributed by atoms with E-state index in [4.69, 9.17) is 11.6 Å². The summed E-state index contributed by atoms with van der Waals surface area (Å²) in [6, 6.07) is 30.1. The Morgan fingerprint density at radius 3 is 2.00 bits per heavy atom. The summed E-state index contributed by atoms with van der Waals surface area (Å²) in [5.41, 5.74) is 9.05. The van der Waals surface area contributed by atoms with Gasteiger partial charge in [0.05, 0.1) is 11.4 Å². The molecule has 0 N–H and O–H groups in total. The Labute approximate surface area is 171 Å². The Morgan fingerprint density at radius 2 is 1.25 bits per heavy atom. The lowest BCUT2D eigenvalue weighted by Gasteiger charge is -2.18. The number of benzene rings is 3. The number of fused-ring (bicyclic) bond motifs is 1. The quantitative estimate of drug-likeness (QED) is 0.348. The molecule has 0 bridgehead atoms. The molecule has 1 heterocycles. The van der Waals surface area contributed by atoms with Gasteiger partial charge in [-0.3, -0.25) is 0 Å². The Morgan fingerprint density at radius 1 is 0.607 bits per heavy atom. The van der Waals surface area contributed by atoms with Crippen molar-refractivity contribution >= 4 is 11.6 Å². The SMILES string of the molecule is Clc1ccc(-c2ccc(-c3ccc4c(c3)CCCC4)n2-c2ccccc2)cc1. The minimum absolute atomic E-state index is 0.761. The van der Waals surface area contributed by atoms with Gasteiger partial charge in [-0.2, -0.15) is 0 Å². The summed E-state index contributed by atoms with van der Waals surface area (Å²) in [7, 11) is 0. The fourth-order valence-electron chi connectivity index (χ4n) is 4.26. The molecule has 0 amide bonds. The van der Waals surface area contributed by atoms with Crippen LogP contribution in [0.25, 0.3) is 28.2 Å². The molecule has 2 heteroatoms. The number of rotatable bonds is 3. The molecule has 1 aromatic heterocycles. The third-order valence-corrected chi connectivity index (χ3v) is 5.93. The number of halogens is 1. The highest BCUT2D eigenvalue weighted by Gasteiger charge is 2.16. The van der Waals surface area contributed by atoms with Gasteiger partial charge in [-0.05, 0) is 90.4 Å². The molecular formula is C26H22ClN. The second-order valence-corrected chi connectivity index (χ2v) is 7.91. The van der Waals surface area contributed by atoms with Gasteiger partial charge in [-0.1, -0.05) is 54.1 Å². The molecule has 1 nitrogen and oxygen atoms in total. The lowest BCUT2D eigenvalue weighted by atomic mass is 9.90. The highest BCUT2D eigenvalue weighted by Crippen LogP contribution is 2.34. The summed E-state index contributed by atoms with van der Waals surface area (Å²) < 4.78 is 2.35. The molecule has 0 aliphatic heterocycles. The maximum atomic E-state index is 6.12. The van der Waals surface area contributed by atoms with Crippen molar-refractivity contribution in [2.45, 2.75) is 25.7 Å². The third-order valence-electron chi connectivity index (χ3n) is 5.68. The summed E-state index contributed by atoms with van der Waals surface area (Å²) in [6.45, 7) is 0. The van der Waals surface area contributed by atoms with Crippen LogP contribution in [-0.2, 0) is 12.8 Å². The molecule has 0 unspecified atom stereocenters. The fourth-order valence-corrected chi connectivity index (χ4v) is 4.38. The third kappa shape index (κ3) is 3.16. The van der Waals surface area contributed by atoms with E-state index in [1.807, 2.05) is 12.1 Å². The lowest BCUT2D eigenvalue weighted by molar-refractivity contribution is 0.686. The topological polar surface area (TPSA) is 4.93 Å². The first kappa shape index (κ1) is 17.3. The van der Waals surface area contributed by atoms with Crippen LogP contribution in [0.3, 0.4) is 0 Å². The Hall–Kier alpha value is -2.77. The molecule has 0 radical (unpaired) electrons. The van der Waals surface area contributed by atoms with Crippen molar-refractivity contribution in [2.24, 2.45) is 0 Å². The van der Waals surface area contributed by atoms with Crippen molar-refractivity contribution in [3.63, 3.8) is 0 Å². The standard InChI is InChI=1S/C26H22ClN/c27-23-14-12-20(13-15-23)25-16-17-26(28(25)24-8-2-1-3-9-24)22-11-10-19-6-4-5-7-21(19)18-22/h1-3,8-18H,4-7H2. The molecule has 1 aliphatic rings. The van der Waals surface area contributed by atoms with Gasteiger partial charge in [0.15, 0.2) is 0 Å². The zero-order valence-corrected chi connectivity index (χ0v) is 16.5. The van der Waals surface area contributed by atoms with Crippen LogP contribution in [0.5, 0.6) is 0 Å². The number of para-hydroxylation sites is 1. The normalized spacial score (nSPS) is 13.3. The van der Waals surface area contributed by atoms with Crippen LogP contribution in [0.2, 0.25) is 5.02 Å². The number of hydrogen-bond acceptors (Lipinski definition) is 0. The van der Waals surface area contributed by atoms with Crippen molar-refractivity contribution in [3.05, 3.63) is 101 Å². The first-order chi connectivity index (χ1) is 13.8. The van der Waals surface area contributed by atoms with E-state index >= 15 is 0 Å². The lowest BCUT2D eigenvalue weighted by Crippen LogP contribution is -2.04. The Bertz CT molecular complexity index is 1110. The number of aromatic nitrogens is 1. The van der Waals surface area contributed by atoms with Crippen molar-refractivity contribution in [1.82, 2.24) is 4.57 Å². The van der Waals surface area contributed by atoms with E-state index in [9.17, 15) is 0 Å². The smallest absolute Gasteiger partial charge is 0.0535 e. The maximum Gasteiger partial charge on any atom is 0.0535 e. The van der Waals surface area contributed by atoms with E-state index in [0.29, 0.717) is 0 Å². The molecule has 0 fully saturated rings. The predicted molar refractivity (Wildman–Crippen MR) is 118 cm³/mol. The van der Waals surface area contributed by atoms with Gasteiger partial charge in [0.1, 0.15) is 0 Å². The van der Waals surface area contributed by atoms with Crippen molar-refractivity contribution in [2.75, 3.05) is 0 Å². The second-order valence-electron chi connectivity index (χ2n) is 7.47. The fraction of sp³-hybridized carbons (Fsp3) is 0.154. The minimum Gasteiger partial charge on any atom is -0.309 e. The second kappa shape index (κ2) is 7.33. The predicted octanol–water partition coefficient (Wildman–Crippen LogP) is 7.34. The van der Waals surface area contributed by atoms with Gasteiger partial charge in [-0.25, -0.2) is 0 Å². The van der Waals surface area contributed by atoms with E-state index < -0.39 is 0 Å². The molecule has 0 spiro atoms. The van der Waals surface area contributed by atoms with Crippen molar-refractivity contribution < 1.29 is 0 Å². The maximum absolute atomic E-state index is 6.12. The molecule has 0 saturated carbocycles. The van der Waals surface area contributed by atoms with E-state index in [1.165, 1.54) is 59.4 Å². The summed E-state index contributed by atoms with van der Waals surface area (Å²) in [6.07, 6.45) is 5.02. The Kier molecular flexibility index (Phi) is 4.54. The van der Waals surface area contributed by atoms with E-state index in [2.05, 4.69) is 77.4 Å². The zero-order chi connectivity index (χ0) is 18.9. The molecule has 0 saturated heterocycles. The van der Waals surface area contributed by atoms with Crippen LogP contribution < -0.4 is 0 Å². The molecule has 5 rings (SSSR count). The number of nitrogens with zero attached hydrogens (tertiary/aromatic N) is 1. The largest absolute Gasteiger partial charge is 0.309 e. The number of hydrogen-bond donors (Lipinski definition) is 0. The van der Waals surface area contributed by atoms with Crippen molar-refractivity contribution in [1.29, 1.82) is 0 Å². The van der Waals surface area contributed by atoms with Crippen LogP contribution in [0.4, 0.5) is 0 Å². The minimum atomic E-state index is 0.761. The van der Waals surface area contributed by atoms with Crippen LogP contribution in [-0.4, -0.2) is 4.57 Å². The van der Waals surface area contributed by atoms with Crippen molar-refractivity contribution in [3.8, 4) is 28.2 Å². The molecule has 28 heavy (non-hydrogen) atoms. The van der Waals surface area contributed by atoms with Crippen LogP contribution >= 0.6 is 11.6 Å². The first-order valence-electron chi connectivity index (χ1n) is 9.95. The van der Waals surface area contributed by atoms with Gasteiger partial charge < -0.3 is 4.57 Å².